The minimum atomic E-state index is -0.620. The third-order valence-electron chi connectivity index (χ3n) is 4.54. The maximum Gasteiger partial charge on any atom is 0.275 e. The van der Waals surface area contributed by atoms with Gasteiger partial charge in [-0.15, -0.1) is 0 Å². The molecule has 0 aliphatic carbocycles. The molecule has 0 saturated heterocycles. The number of nitrogens with one attached hydrogen (secondary N) is 2. The number of carbonyl (C=O) groups excluding carboxylic acids is 2. The molecule has 0 aromatic heterocycles. The first-order valence-corrected chi connectivity index (χ1v) is 9.46. The van der Waals surface area contributed by atoms with E-state index in [1.165, 1.54) is 31.4 Å². The Morgan fingerprint density at radius 1 is 1.12 bits per heavy atom. The van der Waals surface area contributed by atoms with E-state index < -0.39 is 16.7 Å². The molecule has 10 heteroatoms. The summed E-state index contributed by atoms with van der Waals surface area (Å²) >= 11 is 0. The van der Waals surface area contributed by atoms with E-state index in [-0.39, 0.29) is 34.9 Å². The van der Waals surface area contributed by atoms with Gasteiger partial charge in [-0.3, -0.25) is 19.7 Å². The van der Waals surface area contributed by atoms with Gasteiger partial charge in [-0.05, 0) is 35.9 Å². The van der Waals surface area contributed by atoms with Crippen molar-refractivity contribution in [3.63, 3.8) is 0 Å². The number of ether oxygens (including phenoxy) is 1. The van der Waals surface area contributed by atoms with Crippen LogP contribution in [0.5, 0.6) is 11.5 Å². The number of nitro groups is 1. The quantitative estimate of drug-likeness (QED) is 0.293. The summed E-state index contributed by atoms with van der Waals surface area (Å²) < 4.78 is 5.08. The van der Waals surface area contributed by atoms with Crippen LogP contribution < -0.4 is 15.5 Å². The zero-order chi connectivity index (χ0) is 23.3. The van der Waals surface area contributed by atoms with Gasteiger partial charge in [0.05, 0.1) is 35.8 Å². The van der Waals surface area contributed by atoms with E-state index in [4.69, 9.17) is 4.74 Å². The predicted octanol–water partition coefficient (Wildman–Crippen LogP) is 3.60. The van der Waals surface area contributed by atoms with Gasteiger partial charge in [0, 0.05) is 11.8 Å². The summed E-state index contributed by atoms with van der Waals surface area (Å²) in [5.74, 6) is -1.12. The van der Waals surface area contributed by atoms with Gasteiger partial charge in [0.2, 0.25) is 5.91 Å². The van der Waals surface area contributed by atoms with Crippen molar-refractivity contribution in [3.05, 3.63) is 70.3 Å². The molecule has 0 unspecified atom stereocenters. The number of phenolic OH excluding ortho intramolecular Hbond substituents is 1. The number of rotatable bonds is 7. The van der Waals surface area contributed by atoms with Gasteiger partial charge in [0.15, 0.2) is 0 Å². The van der Waals surface area contributed by atoms with Crippen molar-refractivity contribution < 1.29 is 24.4 Å². The van der Waals surface area contributed by atoms with Crippen LogP contribution in [0, 0.1) is 10.1 Å². The molecule has 3 aromatic rings. The molecule has 2 amide bonds. The largest absolute Gasteiger partial charge is 0.507 e. The molecule has 32 heavy (non-hydrogen) atoms. The van der Waals surface area contributed by atoms with Crippen LogP contribution in [0.3, 0.4) is 0 Å². The van der Waals surface area contributed by atoms with Crippen molar-refractivity contribution in [2.24, 2.45) is 5.10 Å². The van der Waals surface area contributed by atoms with Crippen LogP contribution in [0.1, 0.15) is 23.7 Å². The Kier molecular flexibility index (Phi) is 6.64. The number of fused-ring (bicyclic) bond motifs is 1. The molecule has 0 aliphatic heterocycles. The predicted molar refractivity (Wildman–Crippen MR) is 119 cm³/mol. The molecular formula is C22H20N4O6. The van der Waals surface area contributed by atoms with E-state index in [1.807, 2.05) is 24.3 Å². The number of aromatic hydroxyl groups is 1. The standard InChI is InChI=1S/C22H20N4O6/c1-13(9-21(28)23-18-8-7-16(26(30)31)12-20(18)32-2)24-25-22(29)17-10-14-5-3-4-6-15(14)11-19(17)27/h3-8,10-12,27H,9H2,1-2H3,(H,23,28)(H,25,29)/b24-13+. The SMILES string of the molecule is COc1cc([N+](=O)[O-])ccc1NC(=O)C/C(C)=N/NC(=O)c1cc2ccccc2cc1O. The van der Waals surface area contributed by atoms with E-state index in [2.05, 4.69) is 15.8 Å². The van der Waals surface area contributed by atoms with E-state index in [1.54, 1.807) is 13.0 Å². The number of nitrogens with zero attached hydrogens (tertiary/aromatic N) is 2. The average Bonchev–Trinajstić information content (AvgIpc) is 2.77. The Morgan fingerprint density at radius 2 is 1.81 bits per heavy atom. The van der Waals surface area contributed by atoms with Gasteiger partial charge in [-0.1, -0.05) is 24.3 Å². The third kappa shape index (κ3) is 5.17. The van der Waals surface area contributed by atoms with Crippen LogP contribution in [-0.4, -0.2) is 34.7 Å². The summed E-state index contributed by atoms with van der Waals surface area (Å²) in [6.07, 6.45) is -0.149. The molecule has 0 aliphatic rings. The Bertz CT molecular complexity index is 1240. The van der Waals surface area contributed by atoms with Crippen LogP contribution in [-0.2, 0) is 4.79 Å². The highest BCUT2D eigenvalue weighted by atomic mass is 16.6. The lowest BCUT2D eigenvalue weighted by Crippen LogP contribution is -2.21. The molecule has 164 valence electrons. The Balaban J connectivity index is 1.64. The first-order valence-electron chi connectivity index (χ1n) is 9.46. The van der Waals surface area contributed by atoms with Crippen molar-refractivity contribution in [1.29, 1.82) is 0 Å². The zero-order valence-electron chi connectivity index (χ0n) is 17.3. The minimum absolute atomic E-state index is 0.0558. The highest BCUT2D eigenvalue weighted by molar-refractivity contribution is 6.07. The number of non-ortho nitro benzene ring substituents is 1. The molecule has 10 nitrogen and oxygen atoms in total. The molecule has 0 bridgehead atoms. The summed E-state index contributed by atoms with van der Waals surface area (Å²) in [5.41, 5.74) is 2.78. The fourth-order valence-electron chi connectivity index (χ4n) is 2.98. The number of carbonyl (C=O) groups is 2. The van der Waals surface area contributed by atoms with Crippen LogP contribution in [0.4, 0.5) is 11.4 Å². The number of hydrogen-bond acceptors (Lipinski definition) is 7. The highest BCUT2D eigenvalue weighted by Gasteiger charge is 2.15. The normalized spacial score (nSPS) is 11.1. The van der Waals surface area contributed by atoms with Gasteiger partial charge < -0.3 is 15.2 Å². The molecule has 3 N–H and O–H groups in total. The third-order valence-corrected chi connectivity index (χ3v) is 4.54. The molecule has 0 spiro atoms. The number of hydrogen-bond donors (Lipinski definition) is 3. The summed E-state index contributed by atoms with van der Waals surface area (Å²) in [5, 5.41) is 29.1. The average molecular weight is 436 g/mol. The summed E-state index contributed by atoms with van der Waals surface area (Å²) in [7, 11) is 1.33. The maximum absolute atomic E-state index is 12.4. The van der Waals surface area contributed by atoms with Crippen molar-refractivity contribution in [2.45, 2.75) is 13.3 Å². The highest BCUT2D eigenvalue weighted by Crippen LogP contribution is 2.29. The summed E-state index contributed by atoms with van der Waals surface area (Å²) in [4.78, 5) is 35.0. The van der Waals surface area contributed by atoms with Crippen molar-refractivity contribution in [3.8, 4) is 11.5 Å². The second-order valence-corrected chi connectivity index (χ2v) is 6.87. The topological polar surface area (TPSA) is 143 Å². The van der Waals surface area contributed by atoms with Crippen LogP contribution >= 0.6 is 0 Å². The first-order chi connectivity index (χ1) is 15.3. The van der Waals surface area contributed by atoms with Gasteiger partial charge >= 0.3 is 0 Å². The number of anilines is 1. The van der Waals surface area contributed by atoms with Crippen molar-refractivity contribution in [2.75, 3.05) is 12.4 Å². The van der Waals surface area contributed by atoms with Gasteiger partial charge in [-0.2, -0.15) is 5.10 Å². The Morgan fingerprint density at radius 3 is 2.47 bits per heavy atom. The number of phenols is 1. The Hall–Kier alpha value is -4.47. The number of methoxy groups -OCH3 is 1. The number of hydrazone groups is 1. The van der Waals surface area contributed by atoms with Gasteiger partial charge in [0.25, 0.3) is 11.6 Å². The van der Waals surface area contributed by atoms with E-state index in [9.17, 15) is 24.8 Å². The number of amides is 2. The molecule has 3 aromatic carbocycles. The van der Waals surface area contributed by atoms with Crippen LogP contribution in [0.25, 0.3) is 10.8 Å². The van der Waals surface area contributed by atoms with Gasteiger partial charge in [0.1, 0.15) is 11.5 Å². The number of benzene rings is 3. The molecule has 0 atom stereocenters. The van der Waals surface area contributed by atoms with E-state index in [0.29, 0.717) is 5.71 Å². The lowest BCUT2D eigenvalue weighted by molar-refractivity contribution is -0.384. The van der Waals surface area contributed by atoms with Crippen molar-refractivity contribution in [1.82, 2.24) is 5.43 Å². The molecule has 0 radical (unpaired) electrons. The monoisotopic (exact) mass is 436 g/mol. The maximum atomic E-state index is 12.4. The van der Waals surface area contributed by atoms with Crippen molar-refractivity contribution >= 4 is 39.7 Å². The Labute approximate surface area is 182 Å². The lowest BCUT2D eigenvalue weighted by atomic mass is 10.1. The lowest BCUT2D eigenvalue weighted by Gasteiger charge is -2.10. The molecular weight excluding hydrogens is 416 g/mol. The van der Waals surface area contributed by atoms with E-state index >= 15 is 0 Å². The van der Waals surface area contributed by atoms with Gasteiger partial charge in [-0.25, -0.2) is 5.43 Å². The van der Waals surface area contributed by atoms with E-state index in [0.717, 1.165) is 10.8 Å². The molecule has 0 fully saturated rings. The molecule has 3 rings (SSSR count). The molecule has 0 heterocycles. The second kappa shape index (κ2) is 9.56. The number of nitro benzene ring substituents is 1. The summed E-state index contributed by atoms with van der Waals surface area (Å²) in [6.45, 7) is 1.55. The molecule has 0 saturated carbocycles. The fraction of sp³-hybridized carbons (Fsp3) is 0.136. The smallest absolute Gasteiger partial charge is 0.275 e. The zero-order valence-corrected chi connectivity index (χ0v) is 17.3. The van der Waals surface area contributed by atoms with Crippen LogP contribution in [0.2, 0.25) is 0 Å². The fourth-order valence-corrected chi connectivity index (χ4v) is 2.98. The second-order valence-electron chi connectivity index (χ2n) is 6.87. The minimum Gasteiger partial charge on any atom is -0.507 e. The van der Waals surface area contributed by atoms with Crippen LogP contribution in [0.15, 0.2) is 59.7 Å². The summed E-state index contributed by atoms with van der Waals surface area (Å²) in [6, 6.07) is 14.1. The first kappa shape index (κ1) is 22.2.